The molecule has 0 heterocycles. The molecule has 0 aliphatic heterocycles. The number of ether oxygens (including phenoxy) is 1. The van der Waals surface area contributed by atoms with Crippen molar-refractivity contribution in [1.82, 2.24) is 0 Å². The first-order valence-electron chi connectivity index (χ1n) is 5.84. The smallest absolute Gasteiger partial charge is 0.137 e. The van der Waals surface area contributed by atoms with E-state index >= 15 is 0 Å². The molecule has 0 amide bonds. The predicted molar refractivity (Wildman–Crippen MR) is 82.8 cm³/mol. The van der Waals surface area contributed by atoms with E-state index in [-0.39, 0.29) is 0 Å². The van der Waals surface area contributed by atoms with Crippen LogP contribution in [0.4, 0.5) is 0 Å². The second-order valence-electron chi connectivity index (χ2n) is 4.53. The maximum atomic E-state index is 6.51. The molecule has 2 N–H and O–H groups in total. The van der Waals surface area contributed by atoms with Crippen molar-refractivity contribution in [1.29, 1.82) is 0 Å². The van der Waals surface area contributed by atoms with E-state index in [0.29, 0.717) is 10.8 Å². The average molecular weight is 341 g/mol. The van der Waals surface area contributed by atoms with Crippen LogP contribution in [-0.4, -0.2) is 7.11 Å². The predicted octanol–water partition coefficient (Wildman–Crippen LogP) is 4.33. The molecule has 0 saturated carbocycles. The van der Waals surface area contributed by atoms with Crippen molar-refractivity contribution in [2.75, 3.05) is 7.11 Å². The molecule has 2 rings (SSSR count). The lowest BCUT2D eigenvalue weighted by atomic mass is 9.85. The van der Waals surface area contributed by atoms with Gasteiger partial charge in [0.1, 0.15) is 5.75 Å². The largest absolute Gasteiger partial charge is 0.495 e. The van der Waals surface area contributed by atoms with Crippen LogP contribution in [0.5, 0.6) is 5.75 Å². The summed E-state index contributed by atoms with van der Waals surface area (Å²) in [5.74, 6) is 0.628. The van der Waals surface area contributed by atoms with Gasteiger partial charge in [-0.05, 0) is 36.2 Å². The van der Waals surface area contributed by atoms with Crippen LogP contribution in [0.25, 0.3) is 0 Å². The Balaban J connectivity index is 2.53. The number of halogens is 2. The minimum Gasteiger partial charge on any atom is -0.495 e. The number of hydrogen-bond acceptors (Lipinski definition) is 2. The normalized spacial score (nSPS) is 13.9. The van der Waals surface area contributed by atoms with Crippen LogP contribution >= 0.6 is 27.5 Å². The van der Waals surface area contributed by atoms with Gasteiger partial charge < -0.3 is 10.5 Å². The Hall–Kier alpha value is -1.03. The summed E-state index contributed by atoms with van der Waals surface area (Å²) < 4.78 is 6.23. The van der Waals surface area contributed by atoms with Gasteiger partial charge in [0.05, 0.1) is 17.7 Å². The second-order valence-corrected chi connectivity index (χ2v) is 5.79. The van der Waals surface area contributed by atoms with E-state index in [0.717, 1.165) is 15.6 Å². The Bertz CT molecular complexity index is 598. The van der Waals surface area contributed by atoms with Crippen molar-refractivity contribution in [3.63, 3.8) is 0 Å². The summed E-state index contributed by atoms with van der Waals surface area (Å²) in [5, 5.41) is 0.578. The van der Waals surface area contributed by atoms with Crippen molar-refractivity contribution in [2.45, 2.75) is 12.5 Å². The van der Waals surface area contributed by atoms with Crippen LogP contribution < -0.4 is 10.5 Å². The number of benzene rings is 2. The first-order chi connectivity index (χ1) is 8.96. The molecule has 4 heteroatoms. The molecule has 0 aromatic heterocycles. The SMILES string of the molecule is COc1cc(C(C)(N)c2ccccc2Br)ccc1Cl. The summed E-state index contributed by atoms with van der Waals surface area (Å²) in [7, 11) is 1.59. The van der Waals surface area contributed by atoms with E-state index in [4.69, 9.17) is 22.1 Å². The highest BCUT2D eigenvalue weighted by Crippen LogP contribution is 2.35. The van der Waals surface area contributed by atoms with Gasteiger partial charge in [0.2, 0.25) is 0 Å². The Morgan fingerprint density at radius 3 is 2.53 bits per heavy atom. The number of hydrogen-bond donors (Lipinski definition) is 1. The standard InChI is InChI=1S/C15H15BrClNO/c1-15(18,11-5-3-4-6-12(11)16)10-7-8-13(17)14(9-10)19-2/h3-9H,18H2,1-2H3. The summed E-state index contributed by atoms with van der Waals surface area (Å²) >= 11 is 9.59. The van der Waals surface area contributed by atoms with E-state index in [2.05, 4.69) is 15.9 Å². The van der Waals surface area contributed by atoms with Gasteiger partial charge in [0.15, 0.2) is 0 Å². The van der Waals surface area contributed by atoms with Crippen molar-refractivity contribution in [3.05, 3.63) is 63.1 Å². The van der Waals surface area contributed by atoms with Crippen molar-refractivity contribution < 1.29 is 4.74 Å². The number of methoxy groups -OCH3 is 1. The van der Waals surface area contributed by atoms with Crippen molar-refractivity contribution in [3.8, 4) is 5.75 Å². The third-order valence-electron chi connectivity index (χ3n) is 3.18. The molecular weight excluding hydrogens is 326 g/mol. The van der Waals surface area contributed by atoms with Gasteiger partial charge in [-0.25, -0.2) is 0 Å². The summed E-state index contributed by atoms with van der Waals surface area (Å²) in [6, 6.07) is 13.5. The molecule has 0 radical (unpaired) electrons. The summed E-state index contributed by atoms with van der Waals surface area (Å²) in [4.78, 5) is 0. The molecular formula is C15H15BrClNO. The lowest BCUT2D eigenvalue weighted by Crippen LogP contribution is -2.34. The zero-order chi connectivity index (χ0) is 14.0. The van der Waals surface area contributed by atoms with Crippen molar-refractivity contribution >= 4 is 27.5 Å². The molecule has 0 bridgehead atoms. The fourth-order valence-corrected chi connectivity index (χ4v) is 2.91. The molecule has 0 spiro atoms. The molecule has 0 aliphatic rings. The molecule has 0 fully saturated rings. The van der Waals surface area contributed by atoms with Crippen molar-refractivity contribution in [2.24, 2.45) is 5.73 Å². The first-order valence-corrected chi connectivity index (χ1v) is 7.02. The van der Waals surface area contributed by atoms with Crippen LogP contribution in [0.15, 0.2) is 46.9 Å². The maximum Gasteiger partial charge on any atom is 0.137 e. The number of nitrogens with two attached hydrogens (primary N) is 1. The first kappa shape index (κ1) is 14.4. The van der Waals surface area contributed by atoms with E-state index in [1.54, 1.807) is 13.2 Å². The molecule has 0 aliphatic carbocycles. The fourth-order valence-electron chi connectivity index (χ4n) is 2.02. The van der Waals surface area contributed by atoms with Crippen LogP contribution in [0, 0.1) is 0 Å². The van der Waals surface area contributed by atoms with E-state index in [9.17, 15) is 0 Å². The minimum absolute atomic E-state index is 0.578. The monoisotopic (exact) mass is 339 g/mol. The highest BCUT2D eigenvalue weighted by Gasteiger charge is 2.26. The zero-order valence-electron chi connectivity index (χ0n) is 10.8. The van der Waals surface area contributed by atoms with Gasteiger partial charge in [0, 0.05) is 4.47 Å². The summed E-state index contributed by atoms with van der Waals surface area (Å²) in [6.45, 7) is 1.97. The molecule has 1 atom stereocenters. The summed E-state index contributed by atoms with van der Waals surface area (Å²) in [5.41, 5.74) is 7.84. The lowest BCUT2D eigenvalue weighted by Gasteiger charge is -2.27. The van der Waals surface area contributed by atoms with Gasteiger partial charge in [-0.3, -0.25) is 0 Å². The highest BCUT2D eigenvalue weighted by molar-refractivity contribution is 9.10. The van der Waals surface area contributed by atoms with Gasteiger partial charge in [-0.2, -0.15) is 0 Å². The lowest BCUT2D eigenvalue weighted by molar-refractivity contribution is 0.413. The van der Waals surface area contributed by atoms with E-state index in [1.807, 2.05) is 43.3 Å². The van der Waals surface area contributed by atoms with E-state index < -0.39 is 5.54 Å². The van der Waals surface area contributed by atoms with Gasteiger partial charge in [-0.15, -0.1) is 0 Å². The Labute approximate surface area is 126 Å². The molecule has 2 nitrogen and oxygen atoms in total. The molecule has 0 saturated heterocycles. The fraction of sp³-hybridized carbons (Fsp3) is 0.200. The van der Waals surface area contributed by atoms with Gasteiger partial charge in [-0.1, -0.05) is 51.8 Å². The minimum atomic E-state index is -0.627. The Kier molecular flexibility index (Phi) is 4.19. The zero-order valence-corrected chi connectivity index (χ0v) is 13.1. The quantitative estimate of drug-likeness (QED) is 0.902. The highest BCUT2D eigenvalue weighted by atomic mass is 79.9. The number of rotatable bonds is 3. The second kappa shape index (κ2) is 5.53. The van der Waals surface area contributed by atoms with Crippen LogP contribution in [-0.2, 0) is 5.54 Å². The van der Waals surface area contributed by atoms with Crippen LogP contribution in [0.1, 0.15) is 18.1 Å². The molecule has 100 valence electrons. The third-order valence-corrected chi connectivity index (χ3v) is 4.19. The molecule has 2 aromatic rings. The summed E-state index contributed by atoms with van der Waals surface area (Å²) in [6.07, 6.45) is 0. The van der Waals surface area contributed by atoms with Gasteiger partial charge in [0.25, 0.3) is 0 Å². The molecule has 19 heavy (non-hydrogen) atoms. The Morgan fingerprint density at radius 2 is 1.89 bits per heavy atom. The van der Waals surface area contributed by atoms with E-state index in [1.165, 1.54) is 0 Å². The topological polar surface area (TPSA) is 35.2 Å². The molecule has 2 aromatic carbocycles. The van der Waals surface area contributed by atoms with Gasteiger partial charge >= 0.3 is 0 Å². The molecule has 1 unspecified atom stereocenters. The third kappa shape index (κ3) is 2.78. The average Bonchev–Trinajstić information content (AvgIpc) is 2.39. The Morgan fingerprint density at radius 1 is 1.21 bits per heavy atom. The van der Waals surface area contributed by atoms with Crippen LogP contribution in [0.3, 0.4) is 0 Å². The maximum absolute atomic E-state index is 6.51. The van der Waals surface area contributed by atoms with Crippen LogP contribution in [0.2, 0.25) is 5.02 Å².